The van der Waals surface area contributed by atoms with E-state index in [9.17, 15) is 14.4 Å². The van der Waals surface area contributed by atoms with E-state index in [1.807, 2.05) is 66.7 Å². The molecule has 2 aromatic rings. The van der Waals surface area contributed by atoms with Crippen molar-refractivity contribution in [1.82, 2.24) is 4.90 Å². The predicted octanol–water partition coefficient (Wildman–Crippen LogP) is 3.73. The van der Waals surface area contributed by atoms with Gasteiger partial charge in [0.2, 0.25) is 17.7 Å². The fourth-order valence-corrected chi connectivity index (χ4v) is 4.56. The smallest absolute Gasteiger partial charge is 0.244 e. The highest BCUT2D eigenvalue weighted by Crippen LogP contribution is 2.35. The normalized spacial score (nSPS) is 20.9. The lowest BCUT2D eigenvalue weighted by molar-refractivity contribution is -0.142. The van der Waals surface area contributed by atoms with Crippen LogP contribution in [0.1, 0.15) is 12.8 Å². The van der Waals surface area contributed by atoms with Crippen molar-refractivity contribution in [2.75, 3.05) is 11.9 Å². The third kappa shape index (κ3) is 3.73. The number of rotatable bonds is 5. The molecule has 1 heterocycles. The highest BCUT2D eigenvalue weighted by Gasteiger charge is 2.47. The molecule has 142 valence electrons. The largest absolute Gasteiger partial charge is 0.323 e. The van der Waals surface area contributed by atoms with Crippen LogP contribution < -0.4 is 5.32 Å². The number of likely N-dealkylation sites (tertiary alicyclic amines) is 1. The molecule has 0 spiro atoms. The van der Waals surface area contributed by atoms with Crippen LogP contribution in [0.25, 0.3) is 0 Å². The summed E-state index contributed by atoms with van der Waals surface area (Å²) >= 11 is 1.55. The van der Waals surface area contributed by atoms with Crippen molar-refractivity contribution in [3.8, 4) is 0 Å². The summed E-state index contributed by atoms with van der Waals surface area (Å²) in [5.74, 6) is -1.46. The summed E-state index contributed by atoms with van der Waals surface area (Å²) in [4.78, 5) is 40.7. The third-order valence-electron chi connectivity index (χ3n) is 5.03. The third-order valence-corrected chi connectivity index (χ3v) is 6.12. The number of nitrogens with one attached hydrogen (secondary N) is 1. The first-order valence-electron chi connectivity index (χ1n) is 9.25. The molecule has 5 nitrogen and oxygen atoms in total. The summed E-state index contributed by atoms with van der Waals surface area (Å²) in [6.45, 7) is -0.241. The molecule has 1 saturated heterocycles. The summed E-state index contributed by atoms with van der Waals surface area (Å²) < 4.78 is 0. The Bertz CT molecular complexity index is 916. The second kappa shape index (κ2) is 8.02. The van der Waals surface area contributed by atoms with E-state index in [-0.39, 0.29) is 36.1 Å². The van der Waals surface area contributed by atoms with Crippen molar-refractivity contribution >= 4 is 35.2 Å². The number of fused-ring (bicyclic) bond motifs is 1. The van der Waals surface area contributed by atoms with E-state index in [4.69, 9.17) is 0 Å². The zero-order valence-electron chi connectivity index (χ0n) is 15.2. The van der Waals surface area contributed by atoms with Crippen LogP contribution in [0.4, 0.5) is 5.69 Å². The highest BCUT2D eigenvalue weighted by atomic mass is 32.2. The standard InChI is InChI=1S/C22H20N2O3S/c25-20(14-24-21(26)16-10-4-5-11-17(16)22(24)27)23-18-12-6-7-13-19(18)28-15-8-2-1-3-9-15/h1-9,12-13,16-17H,10-11,14H2,(H,23,25)/t16-,17-/m0/s1. The zero-order valence-corrected chi connectivity index (χ0v) is 16.0. The van der Waals surface area contributed by atoms with Crippen molar-refractivity contribution in [3.63, 3.8) is 0 Å². The topological polar surface area (TPSA) is 66.5 Å². The first kappa shape index (κ1) is 18.5. The molecule has 2 aliphatic rings. The van der Waals surface area contributed by atoms with Gasteiger partial charge in [-0.05, 0) is 37.1 Å². The van der Waals surface area contributed by atoms with E-state index in [2.05, 4.69) is 5.32 Å². The van der Waals surface area contributed by atoms with Crippen molar-refractivity contribution in [2.24, 2.45) is 11.8 Å². The molecule has 28 heavy (non-hydrogen) atoms. The zero-order chi connectivity index (χ0) is 19.5. The maximum absolute atomic E-state index is 12.6. The SMILES string of the molecule is O=C(CN1C(=O)[C@H]2CC=CC[C@@H]2C1=O)Nc1ccccc1Sc1ccccc1. The van der Waals surface area contributed by atoms with Crippen LogP contribution in [0.2, 0.25) is 0 Å². The number of nitrogens with zero attached hydrogens (tertiary/aromatic N) is 1. The molecule has 1 aliphatic carbocycles. The number of benzene rings is 2. The minimum atomic E-state index is -0.366. The number of imide groups is 1. The Morgan fingerprint density at radius 1 is 0.929 bits per heavy atom. The molecule has 0 aromatic heterocycles. The van der Waals surface area contributed by atoms with Gasteiger partial charge in [-0.3, -0.25) is 19.3 Å². The molecule has 0 unspecified atom stereocenters. The number of allylic oxidation sites excluding steroid dienone is 2. The molecule has 1 N–H and O–H groups in total. The van der Waals surface area contributed by atoms with Gasteiger partial charge in [-0.1, -0.05) is 54.2 Å². The number of hydrogen-bond acceptors (Lipinski definition) is 4. The minimum absolute atomic E-state index is 0.235. The summed E-state index contributed by atoms with van der Waals surface area (Å²) in [6, 6.07) is 17.4. The number of hydrogen-bond donors (Lipinski definition) is 1. The quantitative estimate of drug-likeness (QED) is 0.622. The fourth-order valence-electron chi connectivity index (χ4n) is 3.63. The lowest BCUT2D eigenvalue weighted by Crippen LogP contribution is -2.38. The Morgan fingerprint density at radius 3 is 2.21 bits per heavy atom. The lowest BCUT2D eigenvalue weighted by Gasteiger charge is -2.16. The first-order chi connectivity index (χ1) is 13.6. The van der Waals surface area contributed by atoms with Gasteiger partial charge in [0.15, 0.2) is 0 Å². The summed E-state index contributed by atoms with van der Waals surface area (Å²) in [5.41, 5.74) is 0.666. The molecule has 3 amide bonds. The van der Waals surface area contributed by atoms with Crippen LogP contribution in [-0.2, 0) is 14.4 Å². The van der Waals surface area contributed by atoms with Gasteiger partial charge in [0, 0.05) is 9.79 Å². The van der Waals surface area contributed by atoms with E-state index in [0.29, 0.717) is 18.5 Å². The molecule has 2 aromatic carbocycles. The average Bonchev–Trinajstić information content (AvgIpc) is 2.95. The molecule has 2 atom stereocenters. The average molecular weight is 392 g/mol. The number of para-hydroxylation sites is 1. The monoisotopic (exact) mass is 392 g/mol. The number of amides is 3. The molecule has 0 saturated carbocycles. The van der Waals surface area contributed by atoms with E-state index >= 15 is 0 Å². The molecule has 6 heteroatoms. The van der Waals surface area contributed by atoms with Crippen LogP contribution in [0.15, 0.2) is 76.5 Å². The molecule has 1 aliphatic heterocycles. The Balaban J connectivity index is 1.45. The van der Waals surface area contributed by atoms with Crippen molar-refractivity contribution < 1.29 is 14.4 Å². The second-order valence-corrected chi connectivity index (χ2v) is 7.99. The van der Waals surface area contributed by atoms with Crippen LogP contribution in [0, 0.1) is 11.8 Å². The van der Waals surface area contributed by atoms with Crippen molar-refractivity contribution in [2.45, 2.75) is 22.6 Å². The number of carbonyl (C=O) groups is 3. The predicted molar refractivity (Wildman–Crippen MR) is 108 cm³/mol. The van der Waals surface area contributed by atoms with E-state index < -0.39 is 0 Å². The number of carbonyl (C=O) groups excluding carboxylic acids is 3. The van der Waals surface area contributed by atoms with Gasteiger partial charge < -0.3 is 5.32 Å². The van der Waals surface area contributed by atoms with Gasteiger partial charge >= 0.3 is 0 Å². The van der Waals surface area contributed by atoms with Gasteiger partial charge in [-0.2, -0.15) is 0 Å². The van der Waals surface area contributed by atoms with Gasteiger partial charge in [0.05, 0.1) is 17.5 Å². The molecule has 4 rings (SSSR count). The highest BCUT2D eigenvalue weighted by molar-refractivity contribution is 7.99. The molecular weight excluding hydrogens is 372 g/mol. The van der Waals surface area contributed by atoms with Crippen molar-refractivity contribution in [1.29, 1.82) is 0 Å². The Hall–Kier alpha value is -2.86. The number of anilines is 1. The molecule has 1 fully saturated rings. The first-order valence-corrected chi connectivity index (χ1v) is 10.1. The minimum Gasteiger partial charge on any atom is -0.323 e. The van der Waals surface area contributed by atoms with Gasteiger partial charge in [-0.15, -0.1) is 0 Å². The Labute approximate surface area is 167 Å². The summed E-state index contributed by atoms with van der Waals surface area (Å²) in [6.07, 6.45) is 5.02. The van der Waals surface area contributed by atoms with Crippen LogP contribution in [-0.4, -0.2) is 29.2 Å². The fraction of sp³-hybridized carbons (Fsp3) is 0.227. The lowest BCUT2D eigenvalue weighted by atomic mass is 9.85. The van der Waals surface area contributed by atoms with Crippen LogP contribution in [0.5, 0.6) is 0 Å². The maximum Gasteiger partial charge on any atom is 0.244 e. The van der Waals surface area contributed by atoms with E-state index in [1.54, 1.807) is 11.8 Å². The molecular formula is C22H20N2O3S. The van der Waals surface area contributed by atoms with Crippen molar-refractivity contribution in [3.05, 3.63) is 66.7 Å². The maximum atomic E-state index is 12.6. The van der Waals surface area contributed by atoms with Crippen LogP contribution >= 0.6 is 11.8 Å². The Kier molecular flexibility index (Phi) is 5.30. The molecule has 0 radical (unpaired) electrons. The van der Waals surface area contributed by atoms with E-state index in [1.165, 1.54) is 0 Å². The second-order valence-electron chi connectivity index (χ2n) is 6.88. The van der Waals surface area contributed by atoms with Gasteiger partial charge in [0.25, 0.3) is 0 Å². The van der Waals surface area contributed by atoms with Gasteiger partial charge in [-0.25, -0.2) is 0 Å². The molecule has 0 bridgehead atoms. The Morgan fingerprint density at radius 2 is 1.54 bits per heavy atom. The summed E-state index contributed by atoms with van der Waals surface area (Å²) in [5, 5.41) is 2.86. The van der Waals surface area contributed by atoms with Crippen LogP contribution in [0.3, 0.4) is 0 Å². The van der Waals surface area contributed by atoms with E-state index in [0.717, 1.165) is 14.7 Å². The van der Waals surface area contributed by atoms with Gasteiger partial charge in [0.1, 0.15) is 6.54 Å². The summed E-state index contributed by atoms with van der Waals surface area (Å²) in [7, 11) is 0.